The zero-order chi connectivity index (χ0) is 14.6. The minimum absolute atomic E-state index is 0.0680. The summed E-state index contributed by atoms with van der Waals surface area (Å²) < 4.78 is 28.4. The Kier molecular flexibility index (Phi) is 5.14. The van der Waals surface area contributed by atoms with Crippen LogP contribution in [0.15, 0.2) is 17.3 Å². The van der Waals surface area contributed by atoms with Crippen LogP contribution < -0.4 is 4.72 Å². The van der Waals surface area contributed by atoms with E-state index in [1.807, 2.05) is 7.05 Å². The van der Waals surface area contributed by atoms with Crippen molar-refractivity contribution in [3.8, 4) is 0 Å². The van der Waals surface area contributed by atoms with Gasteiger partial charge in [0.25, 0.3) is 0 Å². The number of hydrogen-bond donors (Lipinski definition) is 2. The van der Waals surface area contributed by atoms with Gasteiger partial charge in [-0.1, -0.05) is 6.42 Å². The van der Waals surface area contributed by atoms with Crippen LogP contribution in [0.5, 0.6) is 0 Å². The van der Waals surface area contributed by atoms with E-state index in [-0.39, 0.29) is 17.5 Å². The molecule has 1 aliphatic rings. The van der Waals surface area contributed by atoms with Crippen molar-refractivity contribution in [1.82, 2.24) is 19.4 Å². The highest BCUT2D eigenvalue weighted by atomic mass is 32.2. The van der Waals surface area contributed by atoms with Gasteiger partial charge >= 0.3 is 0 Å². The van der Waals surface area contributed by atoms with Crippen LogP contribution >= 0.6 is 0 Å². The van der Waals surface area contributed by atoms with E-state index in [0.29, 0.717) is 13.1 Å². The summed E-state index contributed by atoms with van der Waals surface area (Å²) in [5.74, 6) is 0. The predicted molar refractivity (Wildman–Crippen MR) is 74.8 cm³/mol. The number of likely N-dealkylation sites (N-methyl/N-ethyl adjacent to an activating group) is 1. The van der Waals surface area contributed by atoms with Crippen molar-refractivity contribution in [1.29, 1.82) is 0 Å². The van der Waals surface area contributed by atoms with Crippen molar-refractivity contribution >= 4 is 10.0 Å². The van der Waals surface area contributed by atoms with Gasteiger partial charge in [-0.2, -0.15) is 5.10 Å². The second-order valence-corrected chi connectivity index (χ2v) is 6.91. The SMILES string of the molecule is CN1CCCCC1CNS(=O)(=O)c1cnn(CCO)c1. The summed E-state index contributed by atoms with van der Waals surface area (Å²) in [5.41, 5.74) is 0. The summed E-state index contributed by atoms with van der Waals surface area (Å²) in [5, 5.41) is 12.7. The molecule has 7 nitrogen and oxygen atoms in total. The molecule has 0 saturated carbocycles. The third-order valence-electron chi connectivity index (χ3n) is 3.68. The van der Waals surface area contributed by atoms with Gasteiger partial charge in [-0.05, 0) is 26.4 Å². The quantitative estimate of drug-likeness (QED) is 0.749. The Bertz CT molecular complexity index is 529. The average Bonchev–Trinajstić information content (AvgIpc) is 2.88. The lowest BCUT2D eigenvalue weighted by atomic mass is 10.0. The maximum Gasteiger partial charge on any atom is 0.243 e. The molecular formula is C12H22N4O3S. The molecule has 0 radical (unpaired) electrons. The van der Waals surface area contributed by atoms with Gasteiger partial charge in [-0.25, -0.2) is 13.1 Å². The first-order valence-corrected chi connectivity index (χ1v) is 8.34. The van der Waals surface area contributed by atoms with E-state index in [0.717, 1.165) is 19.4 Å². The van der Waals surface area contributed by atoms with E-state index in [2.05, 4.69) is 14.7 Å². The molecule has 2 N–H and O–H groups in total. The maximum absolute atomic E-state index is 12.2. The van der Waals surface area contributed by atoms with Crippen molar-refractivity contribution in [2.24, 2.45) is 0 Å². The maximum atomic E-state index is 12.2. The van der Waals surface area contributed by atoms with Crippen LogP contribution in [0.25, 0.3) is 0 Å². The molecule has 1 aromatic heterocycles. The number of likely N-dealkylation sites (tertiary alicyclic amines) is 1. The molecule has 8 heteroatoms. The topological polar surface area (TPSA) is 87.5 Å². The molecule has 20 heavy (non-hydrogen) atoms. The molecule has 1 atom stereocenters. The fraction of sp³-hybridized carbons (Fsp3) is 0.750. The van der Waals surface area contributed by atoms with E-state index in [9.17, 15) is 8.42 Å². The van der Waals surface area contributed by atoms with E-state index in [4.69, 9.17) is 5.11 Å². The van der Waals surface area contributed by atoms with Gasteiger partial charge in [0, 0.05) is 18.8 Å². The van der Waals surface area contributed by atoms with E-state index in [1.165, 1.54) is 23.5 Å². The smallest absolute Gasteiger partial charge is 0.243 e. The summed E-state index contributed by atoms with van der Waals surface area (Å²) in [6.45, 7) is 1.66. The largest absolute Gasteiger partial charge is 0.394 e. The zero-order valence-corrected chi connectivity index (χ0v) is 12.5. The lowest BCUT2D eigenvalue weighted by molar-refractivity contribution is 0.187. The van der Waals surface area contributed by atoms with Crippen LogP contribution in [-0.2, 0) is 16.6 Å². The first-order valence-electron chi connectivity index (χ1n) is 6.86. The van der Waals surface area contributed by atoms with Gasteiger partial charge in [-0.3, -0.25) is 4.68 Å². The molecule has 0 aliphatic carbocycles. The molecule has 0 amide bonds. The monoisotopic (exact) mass is 302 g/mol. The van der Waals surface area contributed by atoms with Crippen molar-refractivity contribution in [3.63, 3.8) is 0 Å². The van der Waals surface area contributed by atoms with E-state index < -0.39 is 10.0 Å². The molecule has 2 rings (SSSR count). The number of aliphatic hydroxyl groups excluding tert-OH is 1. The summed E-state index contributed by atoms with van der Waals surface area (Å²) in [6, 6.07) is 0.256. The van der Waals surface area contributed by atoms with Gasteiger partial charge < -0.3 is 10.0 Å². The summed E-state index contributed by atoms with van der Waals surface area (Å²) >= 11 is 0. The third-order valence-corrected chi connectivity index (χ3v) is 5.06. The minimum Gasteiger partial charge on any atom is -0.394 e. The number of rotatable bonds is 6. The van der Waals surface area contributed by atoms with Gasteiger partial charge in [0.2, 0.25) is 10.0 Å². The summed E-state index contributed by atoms with van der Waals surface area (Å²) in [4.78, 5) is 2.34. The number of nitrogens with one attached hydrogen (secondary N) is 1. The molecule has 114 valence electrons. The van der Waals surface area contributed by atoms with Crippen LogP contribution in [0, 0.1) is 0 Å². The highest BCUT2D eigenvalue weighted by Crippen LogP contribution is 2.15. The molecule has 1 fully saturated rings. The Morgan fingerprint density at radius 3 is 3.00 bits per heavy atom. The van der Waals surface area contributed by atoms with Crippen LogP contribution in [0.1, 0.15) is 19.3 Å². The fourth-order valence-corrected chi connectivity index (χ4v) is 3.42. The van der Waals surface area contributed by atoms with E-state index in [1.54, 1.807) is 0 Å². The second kappa shape index (κ2) is 6.66. The third kappa shape index (κ3) is 3.78. The highest BCUT2D eigenvalue weighted by molar-refractivity contribution is 7.89. The highest BCUT2D eigenvalue weighted by Gasteiger charge is 2.22. The Morgan fingerprint density at radius 2 is 2.30 bits per heavy atom. The number of sulfonamides is 1. The second-order valence-electron chi connectivity index (χ2n) is 5.14. The number of piperidine rings is 1. The number of hydrogen-bond acceptors (Lipinski definition) is 5. The van der Waals surface area contributed by atoms with Crippen molar-refractivity contribution in [2.75, 3.05) is 26.7 Å². The number of aliphatic hydroxyl groups is 1. The van der Waals surface area contributed by atoms with Crippen molar-refractivity contribution in [2.45, 2.75) is 36.7 Å². The zero-order valence-electron chi connectivity index (χ0n) is 11.7. The van der Waals surface area contributed by atoms with E-state index >= 15 is 0 Å². The molecule has 2 heterocycles. The van der Waals surface area contributed by atoms with Crippen molar-refractivity contribution in [3.05, 3.63) is 12.4 Å². The lowest BCUT2D eigenvalue weighted by Gasteiger charge is -2.32. The number of nitrogens with zero attached hydrogens (tertiary/aromatic N) is 3. The molecule has 1 saturated heterocycles. The van der Waals surface area contributed by atoms with Crippen LogP contribution in [0.4, 0.5) is 0 Å². The summed E-state index contributed by atoms with van der Waals surface area (Å²) in [7, 11) is -1.50. The van der Waals surface area contributed by atoms with Crippen molar-refractivity contribution < 1.29 is 13.5 Å². The molecule has 0 bridgehead atoms. The number of aromatic nitrogens is 2. The van der Waals surface area contributed by atoms with Gasteiger partial charge in [0.05, 0.1) is 19.3 Å². The first kappa shape index (κ1) is 15.4. The van der Waals surface area contributed by atoms with Crippen LogP contribution in [-0.4, -0.2) is 61.0 Å². The van der Waals surface area contributed by atoms with Crippen LogP contribution in [0.2, 0.25) is 0 Å². The fourth-order valence-electron chi connectivity index (χ4n) is 2.40. The normalized spacial score (nSPS) is 21.2. The lowest BCUT2D eigenvalue weighted by Crippen LogP contribution is -2.44. The average molecular weight is 302 g/mol. The van der Waals surface area contributed by atoms with Gasteiger partial charge in [0.1, 0.15) is 4.90 Å². The van der Waals surface area contributed by atoms with Crippen LogP contribution in [0.3, 0.4) is 0 Å². The van der Waals surface area contributed by atoms with Gasteiger partial charge in [-0.15, -0.1) is 0 Å². The Morgan fingerprint density at radius 1 is 1.50 bits per heavy atom. The molecule has 0 aromatic carbocycles. The summed E-state index contributed by atoms with van der Waals surface area (Å²) in [6.07, 6.45) is 6.08. The van der Waals surface area contributed by atoms with Gasteiger partial charge in [0.15, 0.2) is 0 Å². The molecule has 1 unspecified atom stereocenters. The molecule has 1 aromatic rings. The predicted octanol–water partition coefficient (Wildman–Crippen LogP) is -0.362. The Balaban J connectivity index is 1.95. The standard InChI is InChI=1S/C12H22N4O3S/c1-15-5-3-2-4-11(15)8-14-20(18,19)12-9-13-16(10-12)6-7-17/h9-11,14,17H,2-8H2,1H3. The minimum atomic E-state index is -3.52. The Hall–Kier alpha value is -0.960. The first-order chi connectivity index (χ1) is 9.53. The molecule has 0 spiro atoms. The molecule has 1 aliphatic heterocycles. The Labute approximate surface area is 119 Å². The molecular weight excluding hydrogens is 280 g/mol.